The van der Waals surface area contributed by atoms with Crippen molar-refractivity contribution in [2.45, 2.75) is 123 Å². The SMILES string of the molecule is CCCCCCCCCCC(CCCCCCCC)CCOC=O. The van der Waals surface area contributed by atoms with Crippen molar-refractivity contribution in [2.75, 3.05) is 6.61 Å². The molecule has 1 atom stereocenters. The molecule has 144 valence electrons. The summed E-state index contributed by atoms with van der Waals surface area (Å²) in [7, 11) is 0. The van der Waals surface area contributed by atoms with E-state index in [4.69, 9.17) is 4.74 Å². The van der Waals surface area contributed by atoms with E-state index in [1.807, 2.05) is 0 Å². The van der Waals surface area contributed by atoms with Gasteiger partial charge in [-0.05, 0) is 12.3 Å². The minimum Gasteiger partial charge on any atom is -0.468 e. The van der Waals surface area contributed by atoms with Crippen LogP contribution in [0, 0.1) is 5.92 Å². The molecule has 1 unspecified atom stereocenters. The van der Waals surface area contributed by atoms with Crippen molar-refractivity contribution >= 4 is 6.47 Å². The van der Waals surface area contributed by atoms with Gasteiger partial charge in [-0.1, -0.05) is 117 Å². The van der Waals surface area contributed by atoms with Gasteiger partial charge in [0.05, 0.1) is 6.61 Å². The Morgan fingerprint density at radius 1 is 0.625 bits per heavy atom. The average Bonchev–Trinajstić information content (AvgIpc) is 2.59. The molecular formula is C22H44O2. The van der Waals surface area contributed by atoms with Crippen LogP contribution in [0.5, 0.6) is 0 Å². The van der Waals surface area contributed by atoms with Crippen LogP contribution in [0.1, 0.15) is 123 Å². The first-order chi connectivity index (χ1) is 11.8. The molecule has 0 aromatic rings. The maximum Gasteiger partial charge on any atom is 0.293 e. The second-order valence-corrected chi connectivity index (χ2v) is 7.44. The fourth-order valence-corrected chi connectivity index (χ4v) is 3.50. The van der Waals surface area contributed by atoms with E-state index in [9.17, 15) is 4.79 Å². The second kappa shape index (κ2) is 20.5. The van der Waals surface area contributed by atoms with Gasteiger partial charge in [0.25, 0.3) is 6.47 Å². The predicted molar refractivity (Wildman–Crippen MR) is 105 cm³/mol. The summed E-state index contributed by atoms with van der Waals surface area (Å²) in [6.07, 6.45) is 23.1. The molecule has 0 rings (SSSR count). The molecule has 2 nitrogen and oxygen atoms in total. The average molecular weight is 341 g/mol. The highest BCUT2D eigenvalue weighted by atomic mass is 16.5. The zero-order valence-electron chi connectivity index (χ0n) is 16.7. The Morgan fingerprint density at radius 2 is 1.04 bits per heavy atom. The number of hydrogen-bond acceptors (Lipinski definition) is 2. The van der Waals surface area contributed by atoms with Crippen LogP contribution in [0.3, 0.4) is 0 Å². The number of hydrogen-bond donors (Lipinski definition) is 0. The van der Waals surface area contributed by atoms with Crippen molar-refractivity contribution in [1.82, 2.24) is 0 Å². The van der Waals surface area contributed by atoms with Crippen molar-refractivity contribution in [2.24, 2.45) is 5.92 Å². The number of rotatable bonds is 20. The van der Waals surface area contributed by atoms with Crippen LogP contribution >= 0.6 is 0 Å². The molecule has 0 aliphatic heterocycles. The van der Waals surface area contributed by atoms with Crippen molar-refractivity contribution in [3.63, 3.8) is 0 Å². The summed E-state index contributed by atoms with van der Waals surface area (Å²) < 4.78 is 4.93. The van der Waals surface area contributed by atoms with Crippen LogP contribution in [0.15, 0.2) is 0 Å². The molecule has 0 saturated heterocycles. The highest BCUT2D eigenvalue weighted by Gasteiger charge is 2.09. The molecule has 0 amide bonds. The van der Waals surface area contributed by atoms with Gasteiger partial charge in [0, 0.05) is 0 Å². The summed E-state index contributed by atoms with van der Waals surface area (Å²) in [4.78, 5) is 10.3. The van der Waals surface area contributed by atoms with Crippen LogP contribution < -0.4 is 0 Å². The Morgan fingerprint density at radius 3 is 1.46 bits per heavy atom. The monoisotopic (exact) mass is 340 g/mol. The van der Waals surface area contributed by atoms with Gasteiger partial charge in [0.2, 0.25) is 0 Å². The van der Waals surface area contributed by atoms with Crippen LogP contribution in [0.2, 0.25) is 0 Å². The predicted octanol–water partition coefficient (Wildman–Crippen LogP) is 7.45. The molecule has 0 bridgehead atoms. The van der Waals surface area contributed by atoms with Gasteiger partial charge in [0.1, 0.15) is 0 Å². The highest BCUT2D eigenvalue weighted by molar-refractivity contribution is 5.36. The van der Waals surface area contributed by atoms with E-state index in [2.05, 4.69) is 13.8 Å². The number of carbonyl (C=O) groups excluding carboxylic acids is 1. The summed E-state index contributed by atoms with van der Waals surface area (Å²) >= 11 is 0. The molecule has 0 aliphatic carbocycles. The van der Waals surface area contributed by atoms with Gasteiger partial charge in [0.15, 0.2) is 0 Å². The van der Waals surface area contributed by atoms with E-state index in [0.717, 1.165) is 12.3 Å². The summed E-state index contributed by atoms with van der Waals surface area (Å²) in [6, 6.07) is 0. The van der Waals surface area contributed by atoms with Crippen LogP contribution in [0.4, 0.5) is 0 Å². The molecule has 0 fully saturated rings. The topological polar surface area (TPSA) is 26.3 Å². The molecule has 24 heavy (non-hydrogen) atoms. The summed E-state index contributed by atoms with van der Waals surface area (Å²) in [6.45, 7) is 5.75. The summed E-state index contributed by atoms with van der Waals surface area (Å²) in [5, 5.41) is 0. The minimum absolute atomic E-state index is 0.595. The molecule has 0 aromatic heterocycles. The molecule has 0 N–H and O–H groups in total. The molecule has 0 aliphatic rings. The smallest absolute Gasteiger partial charge is 0.293 e. The van der Waals surface area contributed by atoms with E-state index in [1.54, 1.807) is 0 Å². The molecule has 0 spiro atoms. The lowest BCUT2D eigenvalue weighted by atomic mass is 9.91. The number of carbonyl (C=O) groups is 1. The van der Waals surface area contributed by atoms with Gasteiger partial charge in [-0.2, -0.15) is 0 Å². The normalized spacial score (nSPS) is 12.2. The molecule has 0 heterocycles. The fourth-order valence-electron chi connectivity index (χ4n) is 3.50. The van der Waals surface area contributed by atoms with Crippen LogP contribution in [-0.2, 0) is 9.53 Å². The molecule has 0 radical (unpaired) electrons. The fraction of sp³-hybridized carbons (Fsp3) is 0.955. The van der Waals surface area contributed by atoms with E-state index in [1.165, 1.54) is 103 Å². The first-order valence-corrected chi connectivity index (χ1v) is 10.9. The Balaban J connectivity index is 3.65. The molecule has 0 aromatic carbocycles. The maximum absolute atomic E-state index is 10.3. The largest absolute Gasteiger partial charge is 0.468 e. The molecule has 2 heteroatoms. The van der Waals surface area contributed by atoms with E-state index in [-0.39, 0.29) is 0 Å². The van der Waals surface area contributed by atoms with Gasteiger partial charge in [-0.15, -0.1) is 0 Å². The van der Waals surface area contributed by atoms with Crippen LogP contribution in [-0.4, -0.2) is 13.1 Å². The third-order valence-corrected chi connectivity index (χ3v) is 5.14. The minimum atomic E-state index is 0.595. The Labute approximate surface area is 152 Å². The van der Waals surface area contributed by atoms with E-state index >= 15 is 0 Å². The van der Waals surface area contributed by atoms with Gasteiger partial charge >= 0.3 is 0 Å². The van der Waals surface area contributed by atoms with Crippen molar-refractivity contribution in [1.29, 1.82) is 0 Å². The first-order valence-electron chi connectivity index (χ1n) is 10.9. The highest BCUT2D eigenvalue weighted by Crippen LogP contribution is 2.22. The zero-order chi connectivity index (χ0) is 17.7. The zero-order valence-corrected chi connectivity index (χ0v) is 16.7. The van der Waals surface area contributed by atoms with Crippen molar-refractivity contribution in [3.8, 4) is 0 Å². The van der Waals surface area contributed by atoms with Gasteiger partial charge in [-0.25, -0.2) is 0 Å². The van der Waals surface area contributed by atoms with Crippen molar-refractivity contribution < 1.29 is 9.53 Å². The first kappa shape index (κ1) is 23.5. The number of unbranched alkanes of at least 4 members (excludes halogenated alkanes) is 12. The molecule has 0 saturated carbocycles. The Hall–Kier alpha value is -0.530. The Kier molecular flexibility index (Phi) is 20.1. The standard InChI is InChI=1S/C22H44O2/c1-3-5-7-9-11-12-14-16-18-22(19-20-24-21-23)17-15-13-10-8-6-4-2/h21-22H,3-20H2,1-2H3. The third-order valence-electron chi connectivity index (χ3n) is 5.14. The molecular weight excluding hydrogens is 296 g/mol. The third kappa shape index (κ3) is 17.8. The summed E-state index contributed by atoms with van der Waals surface area (Å²) in [5.74, 6) is 0.760. The maximum atomic E-state index is 10.3. The lowest BCUT2D eigenvalue weighted by Crippen LogP contribution is -2.06. The van der Waals surface area contributed by atoms with Crippen molar-refractivity contribution in [3.05, 3.63) is 0 Å². The van der Waals surface area contributed by atoms with Crippen LogP contribution in [0.25, 0.3) is 0 Å². The lowest BCUT2D eigenvalue weighted by Gasteiger charge is -2.16. The Bertz CT molecular complexity index is 240. The van der Waals surface area contributed by atoms with Gasteiger partial charge in [-0.3, -0.25) is 4.79 Å². The van der Waals surface area contributed by atoms with Gasteiger partial charge < -0.3 is 4.74 Å². The lowest BCUT2D eigenvalue weighted by molar-refractivity contribution is -0.129. The quantitative estimate of drug-likeness (QED) is 0.170. The summed E-state index contributed by atoms with van der Waals surface area (Å²) in [5.41, 5.74) is 0. The number of ether oxygens (including phenoxy) is 1. The van der Waals surface area contributed by atoms with E-state index < -0.39 is 0 Å². The second-order valence-electron chi connectivity index (χ2n) is 7.44. The van der Waals surface area contributed by atoms with E-state index in [0.29, 0.717) is 13.1 Å².